The second-order valence-electron chi connectivity index (χ2n) is 3.87. The molecule has 0 atom stereocenters. The topological polar surface area (TPSA) is 44.4 Å². The molecule has 1 fully saturated rings. The van der Waals surface area contributed by atoms with E-state index in [-0.39, 0.29) is 18.3 Å². The summed E-state index contributed by atoms with van der Waals surface area (Å²) in [7, 11) is 1.65. The first-order chi connectivity index (χ1) is 7.81. The van der Waals surface area contributed by atoms with Gasteiger partial charge < -0.3 is 15.5 Å². The van der Waals surface area contributed by atoms with E-state index in [4.69, 9.17) is 0 Å². The third kappa shape index (κ3) is 3.35. The van der Waals surface area contributed by atoms with Gasteiger partial charge in [0.15, 0.2) is 0 Å². The second kappa shape index (κ2) is 6.47. The summed E-state index contributed by atoms with van der Waals surface area (Å²) in [5.41, 5.74) is 1.85. The van der Waals surface area contributed by atoms with E-state index in [0.29, 0.717) is 0 Å². The minimum atomic E-state index is -0.0306. The van der Waals surface area contributed by atoms with Gasteiger partial charge in [0.2, 0.25) is 0 Å². The van der Waals surface area contributed by atoms with Gasteiger partial charge >= 0.3 is 0 Å². The van der Waals surface area contributed by atoms with Gasteiger partial charge in [-0.1, -0.05) is 6.07 Å². The van der Waals surface area contributed by atoms with Crippen LogP contribution in [-0.4, -0.2) is 39.1 Å². The summed E-state index contributed by atoms with van der Waals surface area (Å²) >= 11 is 0. The van der Waals surface area contributed by atoms with E-state index in [2.05, 4.69) is 21.6 Å². The van der Waals surface area contributed by atoms with Crippen LogP contribution in [0, 0.1) is 0 Å². The molecular formula is C12H18ClN3O. The minimum absolute atomic E-state index is 0. The lowest BCUT2D eigenvalue weighted by atomic mass is 10.1. The Morgan fingerprint density at radius 2 is 2.06 bits per heavy atom. The smallest absolute Gasteiger partial charge is 0.251 e. The minimum Gasteiger partial charge on any atom is -0.369 e. The number of nitrogens with one attached hydrogen (secondary N) is 2. The maximum atomic E-state index is 11.5. The average Bonchev–Trinajstić information content (AvgIpc) is 2.39. The van der Waals surface area contributed by atoms with Gasteiger partial charge in [0.25, 0.3) is 5.91 Å². The van der Waals surface area contributed by atoms with E-state index < -0.39 is 0 Å². The first-order valence-corrected chi connectivity index (χ1v) is 5.59. The highest BCUT2D eigenvalue weighted by atomic mass is 35.5. The van der Waals surface area contributed by atoms with Gasteiger partial charge in [-0.15, -0.1) is 12.4 Å². The molecule has 4 nitrogen and oxygen atoms in total. The quantitative estimate of drug-likeness (QED) is 0.825. The van der Waals surface area contributed by atoms with Crippen LogP contribution in [0.25, 0.3) is 0 Å². The third-order valence-electron chi connectivity index (χ3n) is 2.82. The zero-order chi connectivity index (χ0) is 11.4. The van der Waals surface area contributed by atoms with E-state index in [1.54, 1.807) is 7.05 Å². The molecule has 1 aromatic carbocycles. The Balaban J connectivity index is 0.00000144. The number of carbonyl (C=O) groups excluding carboxylic acids is 1. The average molecular weight is 256 g/mol. The number of halogens is 1. The van der Waals surface area contributed by atoms with E-state index in [1.807, 2.05) is 18.2 Å². The first kappa shape index (κ1) is 13.8. The SMILES string of the molecule is CNC(=O)c1cccc(N2CCNCC2)c1.Cl. The fourth-order valence-electron chi connectivity index (χ4n) is 1.91. The lowest BCUT2D eigenvalue weighted by Gasteiger charge is -2.29. The zero-order valence-corrected chi connectivity index (χ0v) is 10.7. The van der Waals surface area contributed by atoms with Gasteiger partial charge in [-0.2, -0.15) is 0 Å². The number of hydrogen-bond acceptors (Lipinski definition) is 3. The molecule has 2 rings (SSSR count). The van der Waals surface area contributed by atoms with Crippen molar-refractivity contribution in [3.05, 3.63) is 29.8 Å². The predicted molar refractivity (Wildman–Crippen MR) is 72.2 cm³/mol. The van der Waals surface area contributed by atoms with Crippen molar-refractivity contribution < 1.29 is 4.79 Å². The highest BCUT2D eigenvalue weighted by Gasteiger charge is 2.11. The van der Waals surface area contributed by atoms with Crippen molar-refractivity contribution in [2.24, 2.45) is 0 Å². The van der Waals surface area contributed by atoms with E-state index in [9.17, 15) is 4.79 Å². The zero-order valence-electron chi connectivity index (χ0n) is 9.90. The number of nitrogens with zero attached hydrogens (tertiary/aromatic N) is 1. The molecular weight excluding hydrogens is 238 g/mol. The molecule has 0 aromatic heterocycles. The summed E-state index contributed by atoms with van der Waals surface area (Å²) in [6, 6.07) is 7.77. The van der Waals surface area contributed by atoms with E-state index >= 15 is 0 Å². The molecule has 1 aromatic rings. The summed E-state index contributed by atoms with van der Waals surface area (Å²) in [4.78, 5) is 13.8. The van der Waals surface area contributed by atoms with Crippen LogP contribution >= 0.6 is 12.4 Å². The van der Waals surface area contributed by atoms with Gasteiger partial charge in [0.05, 0.1) is 0 Å². The molecule has 0 bridgehead atoms. The van der Waals surface area contributed by atoms with Crippen molar-refractivity contribution in [1.29, 1.82) is 0 Å². The highest BCUT2D eigenvalue weighted by molar-refractivity contribution is 5.94. The second-order valence-corrected chi connectivity index (χ2v) is 3.87. The molecule has 1 aliphatic rings. The number of piperazine rings is 1. The van der Waals surface area contributed by atoms with Crippen LogP contribution < -0.4 is 15.5 Å². The van der Waals surface area contributed by atoms with Crippen LogP contribution in [0.4, 0.5) is 5.69 Å². The van der Waals surface area contributed by atoms with E-state index in [1.165, 1.54) is 0 Å². The van der Waals surface area contributed by atoms with Crippen LogP contribution in [0.5, 0.6) is 0 Å². The number of hydrogen-bond donors (Lipinski definition) is 2. The molecule has 17 heavy (non-hydrogen) atoms. The normalized spacial score (nSPS) is 15.0. The van der Waals surface area contributed by atoms with Crippen LogP contribution in [-0.2, 0) is 0 Å². The molecule has 0 saturated carbocycles. The number of rotatable bonds is 2. The van der Waals surface area contributed by atoms with Crippen molar-refractivity contribution in [2.75, 3.05) is 38.1 Å². The summed E-state index contributed by atoms with van der Waals surface area (Å²) in [6.45, 7) is 4.00. The number of benzene rings is 1. The van der Waals surface area contributed by atoms with Gasteiger partial charge in [0, 0.05) is 44.5 Å². The maximum Gasteiger partial charge on any atom is 0.251 e. The van der Waals surface area contributed by atoms with Crippen molar-refractivity contribution >= 4 is 24.0 Å². The van der Waals surface area contributed by atoms with Gasteiger partial charge in [-0.05, 0) is 18.2 Å². The summed E-state index contributed by atoms with van der Waals surface area (Å²) in [6.07, 6.45) is 0. The number of amides is 1. The molecule has 1 aliphatic heterocycles. The molecule has 0 radical (unpaired) electrons. The standard InChI is InChI=1S/C12H17N3O.ClH/c1-13-12(16)10-3-2-4-11(9-10)15-7-5-14-6-8-15;/h2-4,9,14H,5-8H2,1H3,(H,13,16);1H. The van der Waals surface area contributed by atoms with Crippen molar-refractivity contribution in [1.82, 2.24) is 10.6 Å². The first-order valence-electron chi connectivity index (χ1n) is 5.59. The molecule has 0 spiro atoms. The Morgan fingerprint density at radius 3 is 2.71 bits per heavy atom. The molecule has 1 saturated heterocycles. The lowest BCUT2D eigenvalue weighted by molar-refractivity contribution is 0.0963. The molecule has 5 heteroatoms. The number of anilines is 1. The Labute approximate surface area is 108 Å². The fourth-order valence-corrected chi connectivity index (χ4v) is 1.91. The Morgan fingerprint density at radius 1 is 1.35 bits per heavy atom. The molecule has 1 amide bonds. The van der Waals surface area contributed by atoms with Crippen LogP contribution in [0.15, 0.2) is 24.3 Å². The Kier molecular flexibility index (Phi) is 5.25. The third-order valence-corrected chi connectivity index (χ3v) is 2.82. The maximum absolute atomic E-state index is 11.5. The summed E-state index contributed by atoms with van der Waals surface area (Å²) in [5, 5.41) is 5.95. The van der Waals surface area contributed by atoms with Gasteiger partial charge in [0.1, 0.15) is 0 Å². The van der Waals surface area contributed by atoms with Crippen LogP contribution in [0.3, 0.4) is 0 Å². The lowest BCUT2D eigenvalue weighted by Crippen LogP contribution is -2.43. The fraction of sp³-hybridized carbons (Fsp3) is 0.417. The summed E-state index contributed by atoms with van der Waals surface area (Å²) in [5.74, 6) is -0.0306. The monoisotopic (exact) mass is 255 g/mol. The van der Waals surface area contributed by atoms with E-state index in [0.717, 1.165) is 37.4 Å². The van der Waals surface area contributed by atoms with Crippen LogP contribution in [0.2, 0.25) is 0 Å². The van der Waals surface area contributed by atoms with Gasteiger partial charge in [-0.25, -0.2) is 0 Å². The van der Waals surface area contributed by atoms with Crippen molar-refractivity contribution in [3.63, 3.8) is 0 Å². The Hall–Kier alpha value is -1.26. The molecule has 2 N–H and O–H groups in total. The molecule has 0 aliphatic carbocycles. The predicted octanol–water partition coefficient (Wildman–Crippen LogP) is 0.878. The van der Waals surface area contributed by atoms with Crippen LogP contribution in [0.1, 0.15) is 10.4 Å². The molecule has 94 valence electrons. The molecule has 0 unspecified atom stereocenters. The van der Waals surface area contributed by atoms with Crippen molar-refractivity contribution in [3.8, 4) is 0 Å². The van der Waals surface area contributed by atoms with Gasteiger partial charge in [-0.3, -0.25) is 4.79 Å². The highest BCUT2D eigenvalue weighted by Crippen LogP contribution is 2.16. The Bertz CT molecular complexity index is 378. The van der Waals surface area contributed by atoms with Crippen molar-refractivity contribution in [2.45, 2.75) is 0 Å². The summed E-state index contributed by atoms with van der Waals surface area (Å²) < 4.78 is 0. The number of carbonyl (C=O) groups is 1. The molecule has 1 heterocycles. The largest absolute Gasteiger partial charge is 0.369 e.